The number of ether oxygens (including phenoxy) is 2. The average molecular weight is 516 g/mol. The monoisotopic (exact) mass is 515 g/mol. The molecule has 0 atom stereocenters. The van der Waals surface area contributed by atoms with Gasteiger partial charge in [0.15, 0.2) is 5.82 Å². The number of nitrogens with zero attached hydrogens (tertiary/aromatic N) is 4. The van der Waals surface area contributed by atoms with Gasteiger partial charge in [-0.2, -0.15) is 5.10 Å². The van der Waals surface area contributed by atoms with E-state index < -0.39 is 5.82 Å². The van der Waals surface area contributed by atoms with E-state index >= 15 is 0 Å². The lowest BCUT2D eigenvalue weighted by molar-refractivity contribution is 0.306. The van der Waals surface area contributed by atoms with E-state index in [0.29, 0.717) is 41.1 Å². The quantitative estimate of drug-likeness (QED) is 0.253. The summed E-state index contributed by atoms with van der Waals surface area (Å²) < 4.78 is 27.8. The lowest BCUT2D eigenvalue weighted by Crippen LogP contribution is -2.01. The summed E-state index contributed by atoms with van der Waals surface area (Å²) in [7, 11) is 0. The Morgan fingerprint density at radius 1 is 1.00 bits per heavy atom. The molecular weight excluding hydrogens is 489 g/mol. The van der Waals surface area contributed by atoms with Gasteiger partial charge in [0.1, 0.15) is 47.0 Å². The maximum Gasteiger partial charge on any atom is 0.153 e. The van der Waals surface area contributed by atoms with Gasteiger partial charge in [-0.3, -0.25) is 0 Å². The number of nitrogen functional groups attached to an aromatic ring is 1. The molecule has 188 valence electrons. The Hall–Kier alpha value is -3.98. The molecule has 0 spiro atoms. The number of fused-ring (bicyclic) bond motifs is 1. The highest BCUT2D eigenvalue weighted by Crippen LogP contribution is 2.38. The molecule has 2 N–H and O–H groups in total. The molecule has 1 aliphatic carbocycles. The van der Waals surface area contributed by atoms with Crippen LogP contribution in [0.4, 0.5) is 10.2 Å². The van der Waals surface area contributed by atoms with Crippen LogP contribution in [0.15, 0.2) is 60.9 Å². The molecule has 3 aromatic heterocycles. The van der Waals surface area contributed by atoms with Gasteiger partial charge < -0.3 is 15.2 Å². The van der Waals surface area contributed by atoms with E-state index in [1.807, 2.05) is 48.0 Å². The molecule has 0 radical (unpaired) electrons. The van der Waals surface area contributed by atoms with Gasteiger partial charge in [-0.25, -0.2) is 19.0 Å². The Morgan fingerprint density at radius 3 is 2.54 bits per heavy atom. The largest absolute Gasteiger partial charge is 0.488 e. The van der Waals surface area contributed by atoms with Crippen LogP contribution >= 0.6 is 11.3 Å². The van der Waals surface area contributed by atoms with Gasteiger partial charge in [0.05, 0.1) is 11.4 Å². The van der Waals surface area contributed by atoms with Crippen LogP contribution in [0.25, 0.3) is 16.7 Å². The van der Waals surface area contributed by atoms with Gasteiger partial charge >= 0.3 is 0 Å². The summed E-state index contributed by atoms with van der Waals surface area (Å²) in [6.45, 7) is 2.42. The average Bonchev–Trinajstić information content (AvgIpc) is 3.63. The zero-order chi connectivity index (χ0) is 25.4. The zero-order valence-corrected chi connectivity index (χ0v) is 21.2. The van der Waals surface area contributed by atoms with Crippen molar-refractivity contribution in [3.63, 3.8) is 0 Å². The first-order valence-corrected chi connectivity index (χ1v) is 13.1. The molecule has 7 nitrogen and oxygen atoms in total. The SMILES string of the molecule is Cc1ccc(COc2cc(F)cc(Oc3ccc(-n4nc(C5CCCC5)c5ncnc(N)c54)cc3)c2)s1. The summed E-state index contributed by atoms with van der Waals surface area (Å²) in [6.07, 6.45) is 6.11. The van der Waals surface area contributed by atoms with Crippen molar-refractivity contribution in [2.24, 2.45) is 0 Å². The molecule has 3 heterocycles. The Morgan fingerprint density at radius 2 is 1.78 bits per heavy atom. The van der Waals surface area contributed by atoms with Crippen molar-refractivity contribution in [2.45, 2.75) is 45.1 Å². The molecule has 1 fully saturated rings. The van der Waals surface area contributed by atoms with E-state index in [4.69, 9.17) is 20.3 Å². The number of aromatic nitrogens is 4. The minimum absolute atomic E-state index is 0.357. The van der Waals surface area contributed by atoms with Crippen LogP contribution in [0, 0.1) is 12.7 Å². The fraction of sp³-hybridized carbons (Fsp3) is 0.250. The van der Waals surface area contributed by atoms with Crippen molar-refractivity contribution in [3.8, 4) is 22.9 Å². The van der Waals surface area contributed by atoms with Crippen molar-refractivity contribution >= 4 is 28.2 Å². The minimum Gasteiger partial charge on any atom is -0.488 e. The first-order valence-electron chi connectivity index (χ1n) is 12.3. The summed E-state index contributed by atoms with van der Waals surface area (Å²) in [5, 5.41) is 4.91. The van der Waals surface area contributed by atoms with E-state index in [-0.39, 0.29) is 0 Å². The van der Waals surface area contributed by atoms with Gasteiger partial charge in [-0.15, -0.1) is 11.3 Å². The van der Waals surface area contributed by atoms with Crippen molar-refractivity contribution in [1.29, 1.82) is 0 Å². The molecule has 5 aromatic rings. The second-order valence-electron chi connectivity index (χ2n) is 9.25. The van der Waals surface area contributed by atoms with Gasteiger partial charge in [0.2, 0.25) is 0 Å². The molecule has 0 unspecified atom stereocenters. The second-order valence-corrected chi connectivity index (χ2v) is 10.6. The van der Waals surface area contributed by atoms with Crippen molar-refractivity contribution in [2.75, 3.05) is 5.73 Å². The van der Waals surface area contributed by atoms with E-state index in [0.717, 1.165) is 34.6 Å². The Balaban J connectivity index is 1.23. The van der Waals surface area contributed by atoms with Gasteiger partial charge in [0, 0.05) is 33.9 Å². The number of aryl methyl sites for hydroxylation is 1. The highest BCUT2D eigenvalue weighted by atomic mass is 32.1. The number of hydrogen-bond donors (Lipinski definition) is 1. The molecule has 9 heteroatoms. The second kappa shape index (κ2) is 9.82. The third-order valence-electron chi connectivity index (χ3n) is 6.59. The topological polar surface area (TPSA) is 88.1 Å². The van der Waals surface area contributed by atoms with Crippen LogP contribution in [0.1, 0.15) is 47.0 Å². The van der Waals surface area contributed by atoms with Gasteiger partial charge in [0.25, 0.3) is 0 Å². The summed E-state index contributed by atoms with van der Waals surface area (Å²) in [5.74, 6) is 1.68. The van der Waals surface area contributed by atoms with Gasteiger partial charge in [-0.05, 0) is 56.2 Å². The van der Waals surface area contributed by atoms with Crippen molar-refractivity contribution in [1.82, 2.24) is 19.7 Å². The fourth-order valence-corrected chi connectivity index (χ4v) is 5.65. The molecule has 1 aliphatic rings. The van der Waals surface area contributed by atoms with Crippen LogP contribution in [-0.2, 0) is 6.61 Å². The number of benzene rings is 2. The number of rotatable bonds is 7. The highest BCUT2D eigenvalue weighted by Gasteiger charge is 2.25. The first-order chi connectivity index (χ1) is 18.0. The summed E-state index contributed by atoms with van der Waals surface area (Å²) in [5.41, 5.74) is 9.57. The number of hydrogen-bond acceptors (Lipinski definition) is 7. The Bertz CT molecular complexity index is 1560. The lowest BCUT2D eigenvalue weighted by atomic mass is 10.0. The maximum absolute atomic E-state index is 14.3. The molecular formula is C28H26FN5O2S. The predicted octanol–water partition coefficient (Wildman–Crippen LogP) is 6.94. The number of halogens is 1. The molecule has 0 saturated heterocycles. The summed E-state index contributed by atoms with van der Waals surface area (Å²) >= 11 is 1.65. The van der Waals surface area contributed by atoms with E-state index in [1.165, 1.54) is 36.2 Å². The van der Waals surface area contributed by atoms with Gasteiger partial charge in [-0.1, -0.05) is 12.8 Å². The first kappa shape index (κ1) is 23.4. The van der Waals surface area contributed by atoms with Crippen LogP contribution in [0.2, 0.25) is 0 Å². The van der Waals surface area contributed by atoms with Crippen LogP contribution in [0.3, 0.4) is 0 Å². The molecule has 2 aromatic carbocycles. The number of nitrogens with two attached hydrogens (primary N) is 1. The highest BCUT2D eigenvalue weighted by molar-refractivity contribution is 7.11. The molecule has 1 saturated carbocycles. The lowest BCUT2D eigenvalue weighted by Gasteiger charge is -2.10. The normalized spacial score (nSPS) is 13.9. The summed E-state index contributed by atoms with van der Waals surface area (Å²) in [4.78, 5) is 11.0. The molecule has 6 rings (SSSR count). The van der Waals surface area contributed by atoms with Crippen LogP contribution in [0.5, 0.6) is 17.2 Å². The van der Waals surface area contributed by atoms with E-state index in [1.54, 1.807) is 17.4 Å². The zero-order valence-electron chi connectivity index (χ0n) is 20.4. The number of anilines is 1. The summed E-state index contributed by atoms with van der Waals surface area (Å²) in [6, 6.07) is 15.8. The van der Waals surface area contributed by atoms with Crippen LogP contribution < -0.4 is 15.2 Å². The predicted molar refractivity (Wildman–Crippen MR) is 142 cm³/mol. The van der Waals surface area contributed by atoms with Crippen molar-refractivity contribution in [3.05, 3.63) is 82.2 Å². The third kappa shape index (κ3) is 4.86. The third-order valence-corrected chi connectivity index (χ3v) is 7.57. The molecule has 0 bridgehead atoms. The molecule has 0 amide bonds. The number of thiophene rings is 1. The standard InChI is InChI=1S/C28H26FN5O2S/c1-17-6-11-24(37-17)15-35-22-12-19(29)13-23(14-22)36-21-9-7-20(8-10-21)34-27-26(31-16-32-28(27)30)25(33-34)18-4-2-3-5-18/h6-14,16,18H,2-5,15H2,1H3,(H2,30,31,32). The Labute approximate surface area is 217 Å². The minimum atomic E-state index is -0.426. The van der Waals surface area contributed by atoms with E-state index in [2.05, 4.69) is 9.97 Å². The maximum atomic E-state index is 14.3. The van der Waals surface area contributed by atoms with Crippen LogP contribution in [-0.4, -0.2) is 19.7 Å². The Kier molecular flexibility index (Phi) is 6.21. The molecule has 37 heavy (non-hydrogen) atoms. The molecule has 0 aliphatic heterocycles. The van der Waals surface area contributed by atoms with Crippen molar-refractivity contribution < 1.29 is 13.9 Å². The smallest absolute Gasteiger partial charge is 0.153 e. The fourth-order valence-electron chi connectivity index (χ4n) is 4.84. The van der Waals surface area contributed by atoms with E-state index in [9.17, 15) is 4.39 Å².